The number of carbonyl (C=O) groups excluding carboxylic acids is 1. The van der Waals surface area contributed by atoms with E-state index in [4.69, 9.17) is 9.73 Å². The topological polar surface area (TPSA) is 41.9 Å². The smallest absolute Gasteiger partial charge is 0.267 e. The molecule has 0 radical (unpaired) electrons. The third kappa shape index (κ3) is 4.23. The van der Waals surface area contributed by atoms with Gasteiger partial charge in [0.15, 0.2) is 5.17 Å². The van der Waals surface area contributed by atoms with E-state index in [0.717, 1.165) is 34.2 Å². The van der Waals surface area contributed by atoms with Crippen molar-refractivity contribution < 1.29 is 9.53 Å². The summed E-state index contributed by atoms with van der Waals surface area (Å²) in [5.41, 5.74) is 2.94. The van der Waals surface area contributed by atoms with Crippen molar-refractivity contribution in [2.75, 3.05) is 7.11 Å². The Kier molecular flexibility index (Phi) is 6.14. The van der Waals surface area contributed by atoms with Gasteiger partial charge in [0.2, 0.25) is 0 Å². The molecule has 0 aromatic heterocycles. The highest BCUT2D eigenvalue weighted by Crippen LogP contribution is 2.39. The van der Waals surface area contributed by atoms with Crippen molar-refractivity contribution in [2.24, 2.45) is 4.99 Å². The summed E-state index contributed by atoms with van der Waals surface area (Å²) in [6.45, 7) is 6.20. The van der Waals surface area contributed by atoms with Crippen LogP contribution in [0.3, 0.4) is 0 Å². The zero-order valence-corrected chi connectivity index (χ0v) is 19.1. The Bertz CT molecular complexity index is 1180. The number of carbonyl (C=O) groups is 1. The lowest BCUT2D eigenvalue weighted by Crippen LogP contribution is -2.36. The zero-order valence-electron chi connectivity index (χ0n) is 18.3. The minimum atomic E-state index is -0.0137. The first-order valence-electron chi connectivity index (χ1n) is 10.5. The number of rotatable bonds is 5. The Morgan fingerprint density at radius 2 is 1.84 bits per heavy atom. The van der Waals surface area contributed by atoms with Crippen LogP contribution in [0.25, 0.3) is 16.8 Å². The van der Waals surface area contributed by atoms with Gasteiger partial charge in [-0.05, 0) is 67.1 Å². The maximum atomic E-state index is 13.4. The van der Waals surface area contributed by atoms with E-state index in [0.29, 0.717) is 10.1 Å². The van der Waals surface area contributed by atoms with E-state index in [1.54, 1.807) is 7.11 Å². The molecule has 3 aromatic carbocycles. The number of aryl methyl sites for hydroxylation is 1. The van der Waals surface area contributed by atoms with E-state index in [9.17, 15) is 4.79 Å². The van der Waals surface area contributed by atoms with E-state index in [1.807, 2.05) is 59.5 Å². The third-order valence-electron chi connectivity index (χ3n) is 5.55. The van der Waals surface area contributed by atoms with Gasteiger partial charge in [0.1, 0.15) is 5.75 Å². The Hall–Kier alpha value is -3.05. The predicted octanol–water partition coefficient (Wildman–Crippen LogP) is 6.56. The van der Waals surface area contributed by atoms with E-state index < -0.39 is 0 Å². The first-order chi connectivity index (χ1) is 15.0. The largest absolute Gasteiger partial charge is 0.496 e. The lowest BCUT2D eigenvalue weighted by molar-refractivity contribution is -0.123. The van der Waals surface area contributed by atoms with Gasteiger partial charge >= 0.3 is 0 Å². The molecule has 0 unspecified atom stereocenters. The van der Waals surface area contributed by atoms with E-state index in [1.165, 1.54) is 17.3 Å². The average molecular weight is 431 g/mol. The second-order valence-electron chi connectivity index (χ2n) is 7.68. The minimum absolute atomic E-state index is 0.0137. The number of amides is 1. The maximum absolute atomic E-state index is 13.4. The molecule has 1 saturated heterocycles. The highest BCUT2D eigenvalue weighted by molar-refractivity contribution is 8.18. The number of hydrogen-bond acceptors (Lipinski definition) is 4. The summed E-state index contributed by atoms with van der Waals surface area (Å²) in [5, 5.41) is 2.88. The fraction of sp³-hybridized carbons (Fsp3) is 0.231. The normalized spacial score (nSPS) is 17.7. The van der Waals surface area contributed by atoms with Crippen molar-refractivity contribution in [2.45, 2.75) is 33.2 Å². The lowest BCUT2D eigenvalue weighted by Gasteiger charge is -2.22. The molecule has 4 rings (SSSR count). The minimum Gasteiger partial charge on any atom is -0.496 e. The van der Waals surface area contributed by atoms with E-state index in [-0.39, 0.29) is 11.9 Å². The Balaban J connectivity index is 1.81. The molecule has 5 heteroatoms. The van der Waals surface area contributed by atoms with Crippen molar-refractivity contribution in [1.29, 1.82) is 0 Å². The molecule has 0 bridgehead atoms. The second-order valence-corrected chi connectivity index (χ2v) is 8.68. The summed E-state index contributed by atoms with van der Waals surface area (Å²) >= 11 is 1.42. The second kappa shape index (κ2) is 8.98. The molecule has 0 saturated carbocycles. The molecule has 1 atom stereocenters. The molecular formula is C26H26N2O2S. The van der Waals surface area contributed by atoms with Gasteiger partial charge < -0.3 is 4.74 Å². The molecule has 31 heavy (non-hydrogen) atoms. The quantitative estimate of drug-likeness (QED) is 0.431. The van der Waals surface area contributed by atoms with Crippen LogP contribution in [-0.4, -0.2) is 29.1 Å². The molecule has 1 fully saturated rings. The number of amidine groups is 1. The Morgan fingerprint density at radius 1 is 1.10 bits per heavy atom. The molecule has 1 aliphatic heterocycles. The average Bonchev–Trinajstić information content (AvgIpc) is 3.09. The number of thioether (sulfide) groups is 1. The van der Waals surface area contributed by atoms with Crippen molar-refractivity contribution in [3.8, 4) is 5.75 Å². The predicted molar refractivity (Wildman–Crippen MR) is 131 cm³/mol. The van der Waals surface area contributed by atoms with Crippen LogP contribution in [0.1, 0.15) is 31.4 Å². The molecule has 4 nitrogen and oxygen atoms in total. The molecule has 1 heterocycles. The van der Waals surface area contributed by atoms with Crippen molar-refractivity contribution in [3.05, 3.63) is 76.7 Å². The SMILES string of the molecule is CC[C@H](C)N1C(=O)/C(=C\c2c(OC)ccc3ccccc23)SC1=Nc1ccc(C)cc1. The highest BCUT2D eigenvalue weighted by atomic mass is 32.2. The number of ether oxygens (including phenoxy) is 1. The van der Waals surface area contributed by atoms with Crippen molar-refractivity contribution in [1.82, 2.24) is 4.90 Å². The number of aliphatic imine (C=N–C) groups is 1. The van der Waals surface area contributed by atoms with Crippen LogP contribution in [0, 0.1) is 6.92 Å². The van der Waals surface area contributed by atoms with Gasteiger partial charge in [0, 0.05) is 11.6 Å². The van der Waals surface area contributed by atoms with Gasteiger partial charge in [0.05, 0.1) is 17.7 Å². The van der Waals surface area contributed by atoms with Crippen molar-refractivity contribution in [3.63, 3.8) is 0 Å². The van der Waals surface area contributed by atoms with Gasteiger partial charge in [-0.2, -0.15) is 0 Å². The number of hydrogen-bond donors (Lipinski definition) is 0. The van der Waals surface area contributed by atoms with Crippen LogP contribution in [0.2, 0.25) is 0 Å². The lowest BCUT2D eigenvalue weighted by atomic mass is 10.0. The number of benzene rings is 3. The standard InChI is InChI=1S/C26H26N2O2S/c1-5-18(3)28-25(29)24(31-26(28)27-20-13-10-17(2)11-14-20)16-22-21-9-7-6-8-19(21)12-15-23(22)30-4/h6-16,18H,5H2,1-4H3/b24-16+,27-26?/t18-/m0/s1. The summed E-state index contributed by atoms with van der Waals surface area (Å²) < 4.78 is 5.62. The van der Waals surface area contributed by atoms with Gasteiger partial charge in [-0.1, -0.05) is 55.0 Å². The summed E-state index contributed by atoms with van der Waals surface area (Å²) in [4.78, 5) is 20.7. The number of nitrogens with zero attached hydrogens (tertiary/aromatic N) is 2. The van der Waals surface area contributed by atoms with Gasteiger partial charge in [-0.15, -0.1) is 0 Å². The van der Waals surface area contributed by atoms with Crippen LogP contribution in [0.15, 0.2) is 70.6 Å². The van der Waals surface area contributed by atoms with E-state index >= 15 is 0 Å². The number of methoxy groups -OCH3 is 1. The van der Waals surface area contributed by atoms with Crippen LogP contribution in [0.4, 0.5) is 5.69 Å². The van der Waals surface area contributed by atoms with Gasteiger partial charge in [-0.25, -0.2) is 4.99 Å². The summed E-state index contributed by atoms with van der Waals surface area (Å²) in [5.74, 6) is 0.735. The molecular weight excluding hydrogens is 404 g/mol. The molecule has 0 N–H and O–H groups in total. The zero-order chi connectivity index (χ0) is 22.0. The van der Waals surface area contributed by atoms with E-state index in [2.05, 4.69) is 32.9 Å². The Morgan fingerprint density at radius 3 is 2.55 bits per heavy atom. The molecule has 0 spiro atoms. The van der Waals surface area contributed by atoms with Crippen LogP contribution >= 0.6 is 11.8 Å². The monoisotopic (exact) mass is 430 g/mol. The molecule has 3 aromatic rings. The fourth-order valence-corrected chi connectivity index (χ4v) is 4.67. The van der Waals surface area contributed by atoms with Crippen molar-refractivity contribution >= 4 is 45.4 Å². The summed E-state index contributed by atoms with van der Waals surface area (Å²) in [6, 6.07) is 20.2. The fourth-order valence-electron chi connectivity index (χ4n) is 3.60. The maximum Gasteiger partial charge on any atom is 0.267 e. The van der Waals surface area contributed by atoms with Gasteiger partial charge in [0.25, 0.3) is 5.91 Å². The van der Waals surface area contributed by atoms with Gasteiger partial charge in [-0.3, -0.25) is 9.69 Å². The number of fused-ring (bicyclic) bond motifs is 1. The highest BCUT2D eigenvalue weighted by Gasteiger charge is 2.36. The summed E-state index contributed by atoms with van der Waals surface area (Å²) in [6.07, 6.45) is 2.80. The molecule has 1 aliphatic rings. The van der Waals surface area contributed by atoms with Crippen LogP contribution < -0.4 is 4.74 Å². The first kappa shape index (κ1) is 21.2. The van der Waals surface area contributed by atoms with Crippen LogP contribution in [-0.2, 0) is 4.79 Å². The molecule has 0 aliphatic carbocycles. The molecule has 1 amide bonds. The molecule has 158 valence electrons. The van der Waals surface area contributed by atoms with Crippen LogP contribution in [0.5, 0.6) is 5.75 Å². The first-order valence-corrected chi connectivity index (χ1v) is 11.3. The summed E-state index contributed by atoms with van der Waals surface area (Å²) in [7, 11) is 1.66. The Labute approximate surface area is 187 Å². The third-order valence-corrected chi connectivity index (χ3v) is 6.54.